The zero-order valence-corrected chi connectivity index (χ0v) is 13.1. The number of fused-ring (bicyclic) bond motifs is 1. The molecule has 0 aliphatic carbocycles. The van der Waals surface area contributed by atoms with E-state index < -0.39 is 0 Å². The molecule has 0 saturated carbocycles. The highest BCUT2D eigenvalue weighted by Crippen LogP contribution is 2.25. The van der Waals surface area contributed by atoms with Crippen LogP contribution in [0.2, 0.25) is 0 Å². The standard InChI is InChI=1S/C18H24N2O2/c1-22-17-9-3-2-6-14(17)7-5-12-20-13-11-15-16(20)8-4-10-18(21)19-15/h2-3,5-7,9,15-16H,4,8,10-13H2,1H3,(H,19,21)/t15-,16-/m1/s1. The van der Waals surface area contributed by atoms with Gasteiger partial charge in [0.1, 0.15) is 5.75 Å². The molecule has 0 aromatic heterocycles. The number of rotatable bonds is 4. The van der Waals surface area contributed by atoms with Crippen LogP contribution < -0.4 is 10.1 Å². The zero-order valence-electron chi connectivity index (χ0n) is 13.1. The van der Waals surface area contributed by atoms with Gasteiger partial charge in [-0.1, -0.05) is 30.4 Å². The Bertz CT molecular complexity index is 556. The molecule has 4 heteroatoms. The second kappa shape index (κ2) is 6.97. The molecule has 2 aliphatic heterocycles. The molecule has 4 nitrogen and oxygen atoms in total. The first-order chi connectivity index (χ1) is 10.8. The molecule has 2 aliphatic rings. The second-order valence-electron chi connectivity index (χ2n) is 6.06. The minimum atomic E-state index is 0.221. The van der Waals surface area contributed by atoms with Gasteiger partial charge in [0, 0.05) is 37.2 Å². The first kappa shape index (κ1) is 15.1. The number of methoxy groups -OCH3 is 1. The number of nitrogens with zero attached hydrogens (tertiary/aromatic N) is 1. The highest BCUT2D eigenvalue weighted by Gasteiger charge is 2.35. The Morgan fingerprint density at radius 1 is 1.36 bits per heavy atom. The third kappa shape index (κ3) is 3.33. The maximum Gasteiger partial charge on any atom is 0.220 e. The van der Waals surface area contributed by atoms with Crippen molar-refractivity contribution in [3.8, 4) is 5.75 Å². The molecule has 0 unspecified atom stereocenters. The monoisotopic (exact) mass is 300 g/mol. The van der Waals surface area contributed by atoms with Crippen LogP contribution in [-0.4, -0.2) is 43.1 Å². The predicted octanol–water partition coefficient (Wildman–Crippen LogP) is 2.45. The van der Waals surface area contributed by atoms with Crippen LogP contribution in [0.1, 0.15) is 31.2 Å². The lowest BCUT2D eigenvalue weighted by Gasteiger charge is -2.25. The van der Waals surface area contributed by atoms with Crippen molar-refractivity contribution in [2.75, 3.05) is 20.2 Å². The molecule has 2 saturated heterocycles. The largest absolute Gasteiger partial charge is 0.496 e. The van der Waals surface area contributed by atoms with Crippen molar-refractivity contribution in [2.24, 2.45) is 0 Å². The second-order valence-corrected chi connectivity index (χ2v) is 6.06. The summed E-state index contributed by atoms with van der Waals surface area (Å²) in [5.74, 6) is 1.12. The molecule has 2 fully saturated rings. The molecule has 1 N–H and O–H groups in total. The number of ether oxygens (including phenoxy) is 1. The summed E-state index contributed by atoms with van der Waals surface area (Å²) in [5, 5.41) is 3.17. The molecule has 0 spiro atoms. The van der Waals surface area contributed by atoms with Gasteiger partial charge in [-0.3, -0.25) is 9.69 Å². The van der Waals surface area contributed by atoms with Gasteiger partial charge in [-0.15, -0.1) is 0 Å². The number of benzene rings is 1. The van der Waals surface area contributed by atoms with E-state index in [4.69, 9.17) is 4.74 Å². The van der Waals surface area contributed by atoms with E-state index in [-0.39, 0.29) is 5.91 Å². The quantitative estimate of drug-likeness (QED) is 0.928. The first-order valence-corrected chi connectivity index (χ1v) is 8.11. The summed E-state index contributed by atoms with van der Waals surface area (Å²) in [6.45, 7) is 1.99. The molecule has 3 rings (SSSR count). The van der Waals surface area contributed by atoms with Gasteiger partial charge in [0.05, 0.1) is 7.11 Å². The van der Waals surface area contributed by atoms with Gasteiger partial charge in [0.2, 0.25) is 5.91 Å². The van der Waals surface area contributed by atoms with Crippen molar-refractivity contribution in [3.05, 3.63) is 35.9 Å². The minimum absolute atomic E-state index is 0.221. The van der Waals surface area contributed by atoms with Crippen LogP contribution in [0.4, 0.5) is 0 Å². The van der Waals surface area contributed by atoms with Gasteiger partial charge in [-0.25, -0.2) is 0 Å². The lowest BCUT2D eigenvalue weighted by atomic mass is 10.1. The van der Waals surface area contributed by atoms with Gasteiger partial charge in [-0.2, -0.15) is 0 Å². The molecule has 0 bridgehead atoms. The highest BCUT2D eigenvalue weighted by atomic mass is 16.5. The van der Waals surface area contributed by atoms with E-state index in [9.17, 15) is 4.79 Å². The fraction of sp³-hybridized carbons (Fsp3) is 0.500. The lowest BCUT2D eigenvalue weighted by Crippen LogP contribution is -2.42. The molecule has 22 heavy (non-hydrogen) atoms. The average Bonchev–Trinajstić information content (AvgIpc) is 2.79. The van der Waals surface area contributed by atoms with Crippen LogP contribution in [0.25, 0.3) is 6.08 Å². The van der Waals surface area contributed by atoms with Crippen LogP contribution >= 0.6 is 0 Å². The number of hydrogen-bond acceptors (Lipinski definition) is 3. The first-order valence-electron chi connectivity index (χ1n) is 8.11. The van der Waals surface area contributed by atoms with Crippen LogP contribution in [0.5, 0.6) is 5.75 Å². The Morgan fingerprint density at radius 2 is 2.23 bits per heavy atom. The Kier molecular flexibility index (Phi) is 4.78. The Hall–Kier alpha value is -1.81. The Morgan fingerprint density at radius 3 is 3.09 bits per heavy atom. The van der Waals surface area contributed by atoms with Gasteiger partial charge in [0.15, 0.2) is 0 Å². The maximum atomic E-state index is 11.6. The molecule has 1 aromatic carbocycles. The van der Waals surface area contributed by atoms with Gasteiger partial charge in [0.25, 0.3) is 0 Å². The topological polar surface area (TPSA) is 41.6 Å². The molecule has 2 atom stereocenters. The number of likely N-dealkylation sites (tertiary alicyclic amines) is 1. The molecular formula is C18H24N2O2. The minimum Gasteiger partial charge on any atom is -0.496 e. The maximum absolute atomic E-state index is 11.6. The Labute approximate surface area is 132 Å². The van der Waals surface area contributed by atoms with Crippen molar-refractivity contribution >= 4 is 12.0 Å². The van der Waals surface area contributed by atoms with Crippen LogP contribution in [0, 0.1) is 0 Å². The molecule has 1 aromatic rings. The lowest BCUT2D eigenvalue weighted by molar-refractivity contribution is -0.121. The van der Waals surface area contributed by atoms with E-state index in [1.165, 1.54) is 0 Å². The molecule has 1 amide bonds. The smallest absolute Gasteiger partial charge is 0.220 e. The summed E-state index contributed by atoms with van der Waals surface area (Å²) in [6.07, 6.45) is 8.19. The van der Waals surface area contributed by atoms with E-state index in [1.807, 2.05) is 18.2 Å². The highest BCUT2D eigenvalue weighted by molar-refractivity contribution is 5.76. The summed E-state index contributed by atoms with van der Waals surface area (Å²) in [4.78, 5) is 14.1. The van der Waals surface area contributed by atoms with Gasteiger partial charge in [-0.05, 0) is 25.3 Å². The number of carbonyl (C=O) groups is 1. The van der Waals surface area contributed by atoms with Crippen LogP contribution in [0.3, 0.4) is 0 Å². The number of amides is 1. The summed E-state index contributed by atoms with van der Waals surface area (Å²) in [7, 11) is 1.70. The Balaban J connectivity index is 1.62. The van der Waals surface area contributed by atoms with E-state index >= 15 is 0 Å². The summed E-state index contributed by atoms with van der Waals surface area (Å²) in [6, 6.07) is 8.88. The van der Waals surface area contributed by atoms with E-state index in [0.717, 1.165) is 43.7 Å². The normalized spacial score (nSPS) is 25.8. The van der Waals surface area contributed by atoms with Crippen LogP contribution in [-0.2, 0) is 4.79 Å². The molecular weight excluding hydrogens is 276 g/mol. The number of carbonyl (C=O) groups excluding carboxylic acids is 1. The summed E-state index contributed by atoms with van der Waals surface area (Å²) < 4.78 is 5.37. The molecule has 0 radical (unpaired) electrons. The predicted molar refractivity (Wildman–Crippen MR) is 87.8 cm³/mol. The molecule has 2 heterocycles. The zero-order chi connectivity index (χ0) is 15.4. The fourth-order valence-electron chi connectivity index (χ4n) is 3.57. The number of nitrogens with one attached hydrogen (secondary N) is 1. The summed E-state index contributed by atoms with van der Waals surface area (Å²) >= 11 is 0. The third-order valence-electron chi connectivity index (χ3n) is 4.69. The third-order valence-corrected chi connectivity index (χ3v) is 4.69. The van der Waals surface area contributed by atoms with E-state index in [1.54, 1.807) is 7.11 Å². The fourth-order valence-corrected chi connectivity index (χ4v) is 3.57. The van der Waals surface area contributed by atoms with Crippen molar-refractivity contribution < 1.29 is 9.53 Å². The van der Waals surface area contributed by atoms with Gasteiger partial charge < -0.3 is 10.1 Å². The SMILES string of the molecule is COc1ccccc1C=CCN1CC[C@H]2NC(=O)CCC[C@H]21. The van der Waals surface area contributed by atoms with Crippen molar-refractivity contribution in [1.82, 2.24) is 10.2 Å². The van der Waals surface area contributed by atoms with Crippen molar-refractivity contribution in [2.45, 2.75) is 37.8 Å². The average molecular weight is 300 g/mol. The summed E-state index contributed by atoms with van der Waals surface area (Å²) in [5.41, 5.74) is 1.11. The van der Waals surface area contributed by atoms with Crippen molar-refractivity contribution in [1.29, 1.82) is 0 Å². The van der Waals surface area contributed by atoms with Crippen LogP contribution in [0.15, 0.2) is 30.3 Å². The van der Waals surface area contributed by atoms with E-state index in [0.29, 0.717) is 18.5 Å². The molecule has 118 valence electrons. The number of hydrogen-bond donors (Lipinski definition) is 1. The van der Waals surface area contributed by atoms with Crippen molar-refractivity contribution in [3.63, 3.8) is 0 Å². The number of para-hydroxylation sites is 1. The van der Waals surface area contributed by atoms with Gasteiger partial charge >= 0.3 is 0 Å². The van der Waals surface area contributed by atoms with E-state index in [2.05, 4.69) is 28.4 Å².